The fourth-order valence-corrected chi connectivity index (χ4v) is 2.94. The van der Waals surface area contributed by atoms with Crippen molar-refractivity contribution in [1.82, 2.24) is 20.1 Å². The van der Waals surface area contributed by atoms with Crippen LogP contribution in [0.15, 0.2) is 36.9 Å². The van der Waals surface area contributed by atoms with Gasteiger partial charge in [0.2, 0.25) is 5.91 Å². The minimum Gasteiger partial charge on any atom is -0.352 e. The number of carbonyl (C=O) groups is 1. The Kier molecular flexibility index (Phi) is 6.12. The number of halogens is 1. The van der Waals surface area contributed by atoms with Gasteiger partial charge in [-0.05, 0) is 36.5 Å². The summed E-state index contributed by atoms with van der Waals surface area (Å²) in [7, 11) is 0. The van der Waals surface area contributed by atoms with Gasteiger partial charge in [0.05, 0.1) is 5.69 Å². The molecule has 3 N–H and O–H groups in total. The molecule has 2 atom stereocenters. The zero-order chi connectivity index (χ0) is 15.4. The Hall–Kier alpha value is -1.92. The van der Waals surface area contributed by atoms with E-state index in [0.717, 1.165) is 30.5 Å². The highest BCUT2D eigenvalue weighted by atomic mass is 35.5. The van der Waals surface area contributed by atoms with Crippen molar-refractivity contribution in [2.45, 2.75) is 38.3 Å². The predicted octanol–water partition coefficient (Wildman–Crippen LogP) is 1.82. The molecule has 2 aromatic rings. The number of hydrogen-bond acceptors (Lipinski definition) is 4. The molecule has 3 rings (SSSR count). The first-order chi connectivity index (χ1) is 10.7. The molecule has 1 aliphatic rings. The Morgan fingerprint density at radius 2 is 2.09 bits per heavy atom. The van der Waals surface area contributed by atoms with Crippen LogP contribution in [0.25, 0.3) is 5.69 Å². The van der Waals surface area contributed by atoms with Crippen LogP contribution < -0.4 is 11.1 Å². The summed E-state index contributed by atoms with van der Waals surface area (Å²) < 4.78 is 1.70. The van der Waals surface area contributed by atoms with Crippen LogP contribution in [-0.2, 0) is 11.3 Å². The molecule has 6 nitrogen and oxygen atoms in total. The Morgan fingerprint density at radius 3 is 2.70 bits per heavy atom. The van der Waals surface area contributed by atoms with Crippen LogP contribution in [0.5, 0.6) is 0 Å². The normalized spacial score (nSPS) is 20.0. The first-order valence-corrected chi connectivity index (χ1v) is 7.68. The molecule has 1 aromatic carbocycles. The highest BCUT2D eigenvalue weighted by molar-refractivity contribution is 5.85. The summed E-state index contributed by atoms with van der Waals surface area (Å²) in [4.78, 5) is 15.9. The average molecular weight is 336 g/mol. The molecule has 0 unspecified atom stereocenters. The van der Waals surface area contributed by atoms with Crippen molar-refractivity contribution < 1.29 is 4.79 Å². The van der Waals surface area contributed by atoms with Gasteiger partial charge in [-0.3, -0.25) is 4.79 Å². The summed E-state index contributed by atoms with van der Waals surface area (Å²) >= 11 is 0. The van der Waals surface area contributed by atoms with Crippen molar-refractivity contribution in [3.05, 3.63) is 42.5 Å². The van der Waals surface area contributed by atoms with Crippen LogP contribution >= 0.6 is 12.4 Å². The third-order valence-corrected chi connectivity index (χ3v) is 4.27. The Morgan fingerprint density at radius 1 is 1.30 bits per heavy atom. The largest absolute Gasteiger partial charge is 0.352 e. The van der Waals surface area contributed by atoms with E-state index in [1.165, 1.54) is 6.33 Å². The summed E-state index contributed by atoms with van der Waals surface area (Å²) in [6.07, 6.45) is 6.95. The van der Waals surface area contributed by atoms with E-state index in [1.807, 2.05) is 24.3 Å². The molecule has 0 bridgehead atoms. The smallest absolute Gasteiger partial charge is 0.220 e. The van der Waals surface area contributed by atoms with Crippen LogP contribution in [0.4, 0.5) is 0 Å². The molecule has 7 heteroatoms. The van der Waals surface area contributed by atoms with Crippen LogP contribution in [0.3, 0.4) is 0 Å². The van der Waals surface area contributed by atoms with Crippen molar-refractivity contribution in [2.75, 3.05) is 0 Å². The summed E-state index contributed by atoms with van der Waals surface area (Å²) in [6, 6.07) is 8.08. The van der Waals surface area contributed by atoms with E-state index >= 15 is 0 Å². The minimum absolute atomic E-state index is 0. The second-order valence-electron chi connectivity index (χ2n) is 5.84. The second-order valence-corrected chi connectivity index (χ2v) is 5.84. The topological polar surface area (TPSA) is 85.8 Å². The molecule has 1 aliphatic carbocycles. The lowest BCUT2D eigenvalue weighted by atomic mass is 10.00. The molecule has 1 saturated carbocycles. The number of hydrogen-bond donors (Lipinski definition) is 2. The molecule has 0 aliphatic heterocycles. The number of benzene rings is 1. The lowest BCUT2D eigenvalue weighted by molar-refractivity contribution is -0.122. The molecule has 23 heavy (non-hydrogen) atoms. The van der Waals surface area contributed by atoms with Gasteiger partial charge in [0, 0.05) is 19.0 Å². The molecule has 0 saturated heterocycles. The molecule has 1 heterocycles. The average Bonchev–Trinajstić information content (AvgIpc) is 3.18. The van der Waals surface area contributed by atoms with E-state index in [9.17, 15) is 4.79 Å². The molecule has 0 radical (unpaired) electrons. The Balaban J connectivity index is 0.00000192. The van der Waals surface area contributed by atoms with Gasteiger partial charge in [-0.2, -0.15) is 5.10 Å². The van der Waals surface area contributed by atoms with E-state index in [1.54, 1.807) is 11.0 Å². The van der Waals surface area contributed by atoms with Crippen LogP contribution in [-0.4, -0.2) is 26.7 Å². The van der Waals surface area contributed by atoms with E-state index in [0.29, 0.717) is 18.9 Å². The quantitative estimate of drug-likeness (QED) is 0.872. The van der Waals surface area contributed by atoms with Crippen molar-refractivity contribution in [1.29, 1.82) is 0 Å². The zero-order valence-electron chi connectivity index (χ0n) is 12.9. The van der Waals surface area contributed by atoms with Crippen molar-refractivity contribution in [3.63, 3.8) is 0 Å². The third-order valence-electron chi connectivity index (χ3n) is 4.27. The maximum absolute atomic E-state index is 12.0. The number of nitrogens with one attached hydrogen (secondary N) is 1. The summed E-state index contributed by atoms with van der Waals surface area (Å²) in [5.41, 5.74) is 8.02. The summed E-state index contributed by atoms with van der Waals surface area (Å²) in [6.45, 7) is 0.540. The molecule has 1 fully saturated rings. The van der Waals surface area contributed by atoms with Gasteiger partial charge in [0.1, 0.15) is 12.7 Å². The molecule has 1 aromatic heterocycles. The number of amides is 1. The fraction of sp³-hybridized carbons (Fsp3) is 0.438. The Labute approximate surface area is 141 Å². The van der Waals surface area contributed by atoms with Crippen molar-refractivity contribution in [2.24, 2.45) is 11.7 Å². The molecular weight excluding hydrogens is 314 g/mol. The summed E-state index contributed by atoms with van der Waals surface area (Å²) in [5, 5.41) is 7.05. The number of nitrogens with zero attached hydrogens (tertiary/aromatic N) is 3. The van der Waals surface area contributed by atoms with E-state index in [-0.39, 0.29) is 24.4 Å². The number of nitrogens with two attached hydrogens (primary N) is 1. The summed E-state index contributed by atoms with van der Waals surface area (Å²) in [5.74, 6) is 0.428. The monoisotopic (exact) mass is 335 g/mol. The van der Waals surface area contributed by atoms with Gasteiger partial charge in [0.15, 0.2) is 0 Å². The number of carbonyl (C=O) groups excluding carboxylic acids is 1. The lowest BCUT2D eigenvalue weighted by Crippen LogP contribution is -2.31. The number of rotatable bonds is 5. The van der Waals surface area contributed by atoms with Gasteiger partial charge in [-0.1, -0.05) is 18.6 Å². The van der Waals surface area contributed by atoms with E-state index in [2.05, 4.69) is 15.4 Å². The van der Waals surface area contributed by atoms with Gasteiger partial charge in [0.25, 0.3) is 0 Å². The first kappa shape index (κ1) is 17.4. The van der Waals surface area contributed by atoms with Gasteiger partial charge in [-0.25, -0.2) is 9.67 Å². The van der Waals surface area contributed by atoms with Crippen LogP contribution in [0.1, 0.15) is 31.2 Å². The maximum atomic E-state index is 12.0. The molecule has 0 spiro atoms. The highest BCUT2D eigenvalue weighted by Gasteiger charge is 2.25. The highest BCUT2D eigenvalue weighted by Crippen LogP contribution is 2.26. The SMILES string of the molecule is Cl.N[C@@H]1CCC[C@H]1CC(=O)NCc1ccc(-n2cncn2)cc1. The second kappa shape index (κ2) is 8.08. The standard InChI is InChI=1S/C16H21N5O.ClH/c17-15-3-1-2-13(15)8-16(22)19-9-12-4-6-14(7-5-12)21-11-18-10-20-21;/h4-7,10-11,13,15H,1-3,8-9,17H2,(H,19,22);1H/t13-,15+;/m0./s1. The Bertz CT molecular complexity index is 614. The number of aromatic nitrogens is 3. The third kappa shape index (κ3) is 4.53. The van der Waals surface area contributed by atoms with E-state index in [4.69, 9.17) is 5.73 Å². The first-order valence-electron chi connectivity index (χ1n) is 7.68. The predicted molar refractivity (Wildman–Crippen MR) is 90.4 cm³/mol. The molecular formula is C16H22ClN5O. The van der Waals surface area contributed by atoms with Crippen LogP contribution in [0, 0.1) is 5.92 Å². The van der Waals surface area contributed by atoms with Gasteiger partial charge >= 0.3 is 0 Å². The molecule has 124 valence electrons. The lowest BCUT2D eigenvalue weighted by Gasteiger charge is -2.14. The fourth-order valence-electron chi connectivity index (χ4n) is 2.94. The zero-order valence-corrected chi connectivity index (χ0v) is 13.7. The van der Waals surface area contributed by atoms with Gasteiger partial charge in [-0.15, -0.1) is 12.4 Å². The van der Waals surface area contributed by atoms with Gasteiger partial charge < -0.3 is 11.1 Å². The van der Waals surface area contributed by atoms with Crippen molar-refractivity contribution in [3.8, 4) is 5.69 Å². The minimum atomic E-state index is 0. The van der Waals surface area contributed by atoms with Crippen LogP contribution in [0.2, 0.25) is 0 Å². The molecule has 1 amide bonds. The maximum Gasteiger partial charge on any atom is 0.220 e. The van der Waals surface area contributed by atoms with E-state index < -0.39 is 0 Å². The van der Waals surface area contributed by atoms with Crippen molar-refractivity contribution >= 4 is 18.3 Å².